The van der Waals surface area contributed by atoms with Gasteiger partial charge in [-0.3, -0.25) is 4.79 Å². The molecule has 0 N–H and O–H groups in total. The van der Waals surface area contributed by atoms with E-state index in [-0.39, 0.29) is 12.5 Å². The van der Waals surface area contributed by atoms with Crippen molar-refractivity contribution in [3.05, 3.63) is 59.7 Å². The Hall–Kier alpha value is -2.80. The molecule has 0 fully saturated rings. The minimum Gasteiger partial charge on any atom is -0.482 e. The van der Waals surface area contributed by atoms with Crippen LogP contribution in [-0.4, -0.2) is 19.6 Å². The van der Waals surface area contributed by atoms with Gasteiger partial charge < -0.3 is 9.64 Å². The Balaban J connectivity index is 2.06. The van der Waals surface area contributed by atoms with Crippen LogP contribution in [0.25, 0.3) is 0 Å². The number of amides is 1. The van der Waals surface area contributed by atoms with E-state index < -0.39 is 0 Å². The zero-order valence-corrected chi connectivity index (χ0v) is 12.0. The average molecular weight is 280 g/mol. The van der Waals surface area contributed by atoms with Crippen LogP contribution >= 0.6 is 0 Å². The van der Waals surface area contributed by atoms with Crippen molar-refractivity contribution in [3.8, 4) is 11.8 Å². The summed E-state index contributed by atoms with van der Waals surface area (Å²) >= 11 is 0. The van der Waals surface area contributed by atoms with E-state index in [0.717, 1.165) is 11.3 Å². The Morgan fingerprint density at radius 2 is 1.86 bits per heavy atom. The van der Waals surface area contributed by atoms with Crippen LogP contribution in [-0.2, 0) is 4.79 Å². The van der Waals surface area contributed by atoms with Gasteiger partial charge >= 0.3 is 0 Å². The molecule has 0 spiro atoms. The summed E-state index contributed by atoms with van der Waals surface area (Å²) in [5.41, 5.74) is 2.29. The molecule has 0 bridgehead atoms. The van der Waals surface area contributed by atoms with Gasteiger partial charge in [0.1, 0.15) is 11.8 Å². The summed E-state index contributed by atoms with van der Waals surface area (Å²) in [4.78, 5) is 13.7. The molecule has 0 radical (unpaired) electrons. The van der Waals surface area contributed by atoms with E-state index >= 15 is 0 Å². The lowest BCUT2D eigenvalue weighted by Crippen LogP contribution is -2.31. The van der Waals surface area contributed by atoms with Crippen LogP contribution < -0.4 is 9.64 Å². The fraction of sp³-hybridized carbons (Fsp3) is 0.176. The van der Waals surface area contributed by atoms with E-state index in [2.05, 4.69) is 0 Å². The van der Waals surface area contributed by atoms with E-state index in [1.807, 2.05) is 37.3 Å². The summed E-state index contributed by atoms with van der Waals surface area (Å²) in [6.45, 7) is 1.84. The second kappa shape index (κ2) is 6.58. The van der Waals surface area contributed by atoms with Gasteiger partial charge in [0.15, 0.2) is 6.61 Å². The molecule has 0 unspecified atom stereocenters. The average Bonchev–Trinajstić information content (AvgIpc) is 2.52. The van der Waals surface area contributed by atoms with Gasteiger partial charge in [0.05, 0.1) is 5.56 Å². The maximum absolute atomic E-state index is 12.2. The van der Waals surface area contributed by atoms with Gasteiger partial charge in [-0.1, -0.05) is 30.3 Å². The number of hydrogen-bond donors (Lipinski definition) is 0. The van der Waals surface area contributed by atoms with Crippen LogP contribution in [0.15, 0.2) is 48.5 Å². The van der Waals surface area contributed by atoms with Crippen molar-refractivity contribution >= 4 is 11.6 Å². The lowest BCUT2D eigenvalue weighted by atomic mass is 10.2. The van der Waals surface area contributed by atoms with Gasteiger partial charge in [-0.25, -0.2) is 0 Å². The normalized spacial score (nSPS) is 9.76. The molecule has 0 saturated heterocycles. The monoisotopic (exact) mass is 280 g/mol. The van der Waals surface area contributed by atoms with Crippen LogP contribution in [0.3, 0.4) is 0 Å². The first kappa shape index (κ1) is 14.6. The minimum absolute atomic E-state index is 0.108. The largest absolute Gasteiger partial charge is 0.482 e. The Morgan fingerprint density at radius 3 is 2.57 bits per heavy atom. The third-order valence-corrected chi connectivity index (χ3v) is 3.21. The first-order valence-electron chi connectivity index (χ1n) is 6.57. The molecule has 0 aliphatic rings. The number of likely N-dealkylation sites (N-methyl/N-ethyl adjacent to an activating group) is 1. The Morgan fingerprint density at radius 1 is 1.19 bits per heavy atom. The van der Waals surface area contributed by atoms with Gasteiger partial charge in [0, 0.05) is 12.7 Å². The highest BCUT2D eigenvalue weighted by Gasteiger charge is 2.14. The van der Waals surface area contributed by atoms with Gasteiger partial charge in [-0.2, -0.15) is 5.26 Å². The van der Waals surface area contributed by atoms with Gasteiger partial charge in [-0.15, -0.1) is 0 Å². The molecule has 0 heterocycles. The SMILES string of the molecule is Cc1ccccc1N(C)C(=O)COc1ccccc1C#N. The van der Waals surface area contributed by atoms with Crippen molar-refractivity contribution in [3.63, 3.8) is 0 Å². The summed E-state index contributed by atoms with van der Waals surface area (Å²) in [7, 11) is 1.71. The van der Waals surface area contributed by atoms with Crippen molar-refractivity contribution in [1.29, 1.82) is 5.26 Å². The summed E-state index contributed by atoms with van der Waals surface area (Å²) in [6.07, 6.45) is 0. The minimum atomic E-state index is -0.169. The second-order valence-electron chi connectivity index (χ2n) is 4.64. The van der Waals surface area contributed by atoms with Crippen LogP contribution in [0.4, 0.5) is 5.69 Å². The summed E-state index contributed by atoms with van der Waals surface area (Å²) in [5, 5.41) is 8.98. The number of nitriles is 1. The van der Waals surface area contributed by atoms with E-state index in [9.17, 15) is 4.79 Å². The maximum Gasteiger partial charge on any atom is 0.264 e. The van der Waals surface area contributed by atoms with Gasteiger partial charge in [0.25, 0.3) is 5.91 Å². The number of nitrogens with zero attached hydrogens (tertiary/aromatic N) is 2. The Bertz CT molecular complexity index is 689. The number of rotatable bonds is 4. The fourth-order valence-electron chi connectivity index (χ4n) is 2.00. The molecule has 2 aromatic carbocycles. The van der Waals surface area contributed by atoms with E-state index in [1.165, 1.54) is 0 Å². The molecule has 106 valence electrons. The molecule has 1 amide bonds. The van der Waals surface area contributed by atoms with Crippen LogP contribution in [0.5, 0.6) is 5.75 Å². The number of aryl methyl sites for hydroxylation is 1. The van der Waals surface area contributed by atoms with Crippen LogP contribution in [0, 0.1) is 18.3 Å². The predicted octanol–water partition coefficient (Wildman–Crippen LogP) is 2.91. The van der Waals surface area contributed by atoms with Gasteiger partial charge in [-0.05, 0) is 30.7 Å². The highest BCUT2D eigenvalue weighted by molar-refractivity contribution is 5.94. The second-order valence-corrected chi connectivity index (χ2v) is 4.64. The zero-order chi connectivity index (χ0) is 15.2. The van der Waals surface area contributed by atoms with E-state index in [4.69, 9.17) is 10.00 Å². The number of carbonyl (C=O) groups is 1. The molecule has 0 saturated carbocycles. The van der Waals surface area contributed by atoms with Crippen molar-refractivity contribution in [1.82, 2.24) is 0 Å². The smallest absolute Gasteiger partial charge is 0.264 e. The Labute approximate surface area is 124 Å². The van der Waals surface area contributed by atoms with E-state index in [1.54, 1.807) is 36.2 Å². The molecular weight excluding hydrogens is 264 g/mol. The Kier molecular flexibility index (Phi) is 4.57. The lowest BCUT2D eigenvalue weighted by Gasteiger charge is -2.19. The summed E-state index contributed by atoms with van der Waals surface area (Å²) in [5.74, 6) is 0.253. The zero-order valence-electron chi connectivity index (χ0n) is 12.0. The molecular formula is C17H16N2O2. The quantitative estimate of drug-likeness (QED) is 0.865. The molecule has 0 aliphatic carbocycles. The molecule has 4 heteroatoms. The summed E-state index contributed by atoms with van der Waals surface area (Å²) < 4.78 is 5.46. The van der Waals surface area contributed by atoms with E-state index in [0.29, 0.717) is 11.3 Å². The van der Waals surface area contributed by atoms with Crippen molar-refractivity contribution in [2.24, 2.45) is 0 Å². The number of carbonyl (C=O) groups excluding carboxylic acids is 1. The fourth-order valence-corrected chi connectivity index (χ4v) is 2.00. The first-order chi connectivity index (χ1) is 10.1. The number of benzene rings is 2. The number of anilines is 1. The predicted molar refractivity (Wildman–Crippen MR) is 81.2 cm³/mol. The van der Waals surface area contributed by atoms with Crippen LogP contribution in [0.1, 0.15) is 11.1 Å². The van der Waals surface area contributed by atoms with Crippen LogP contribution in [0.2, 0.25) is 0 Å². The summed E-state index contributed by atoms with van der Waals surface area (Å²) in [6, 6.07) is 16.6. The highest BCUT2D eigenvalue weighted by Crippen LogP contribution is 2.19. The third kappa shape index (κ3) is 3.40. The first-order valence-corrected chi connectivity index (χ1v) is 6.57. The molecule has 0 aromatic heterocycles. The standard InChI is InChI=1S/C17H16N2O2/c1-13-7-3-5-9-15(13)19(2)17(20)12-21-16-10-6-4-8-14(16)11-18/h3-10H,12H2,1-2H3. The number of hydrogen-bond acceptors (Lipinski definition) is 3. The molecule has 4 nitrogen and oxygen atoms in total. The van der Waals surface area contributed by atoms with Crippen molar-refractivity contribution in [2.45, 2.75) is 6.92 Å². The number of para-hydroxylation sites is 2. The molecule has 21 heavy (non-hydrogen) atoms. The topological polar surface area (TPSA) is 53.3 Å². The highest BCUT2D eigenvalue weighted by atomic mass is 16.5. The molecule has 0 atom stereocenters. The van der Waals surface area contributed by atoms with Crippen molar-refractivity contribution < 1.29 is 9.53 Å². The van der Waals surface area contributed by atoms with Crippen molar-refractivity contribution in [2.75, 3.05) is 18.6 Å². The molecule has 0 aliphatic heterocycles. The maximum atomic E-state index is 12.2. The molecule has 2 rings (SSSR count). The lowest BCUT2D eigenvalue weighted by molar-refractivity contribution is -0.120. The third-order valence-electron chi connectivity index (χ3n) is 3.21. The van der Waals surface area contributed by atoms with Gasteiger partial charge in [0.2, 0.25) is 0 Å². The number of ether oxygens (including phenoxy) is 1. The molecule has 2 aromatic rings.